The van der Waals surface area contributed by atoms with Crippen molar-refractivity contribution in [3.8, 4) is 0 Å². The molecule has 2 amide bonds. The van der Waals surface area contributed by atoms with Crippen LogP contribution in [0, 0.1) is 5.92 Å². The average Bonchev–Trinajstić information content (AvgIpc) is 3.03. The van der Waals surface area contributed by atoms with Gasteiger partial charge in [0.1, 0.15) is 0 Å². The minimum Gasteiger partial charge on any atom is -0.317 e. The number of hydrogen-bond acceptors (Lipinski definition) is 4. The van der Waals surface area contributed by atoms with E-state index < -0.39 is 0 Å². The summed E-state index contributed by atoms with van der Waals surface area (Å²) >= 11 is 0. The minimum absolute atomic E-state index is 0.0377. The molecule has 5 rings (SSSR count). The Morgan fingerprint density at radius 3 is 2.41 bits per heavy atom. The Hall–Kier alpha value is -2.47. The Labute approximate surface area is 191 Å². The Morgan fingerprint density at radius 2 is 1.81 bits per heavy atom. The van der Waals surface area contributed by atoms with Crippen LogP contribution in [0.2, 0.25) is 0 Å². The maximum absolute atomic E-state index is 13.6. The molecule has 1 aromatic carbocycles. The molecule has 170 valence electrons. The summed E-state index contributed by atoms with van der Waals surface area (Å²) < 4.78 is 0. The molecule has 0 bridgehead atoms. The molecular weight excluding hydrogens is 398 g/mol. The lowest BCUT2D eigenvalue weighted by Crippen LogP contribution is -2.56. The molecule has 2 aromatic rings. The normalized spacial score (nSPS) is 28.5. The highest BCUT2D eigenvalue weighted by Crippen LogP contribution is 2.49. The number of carbonyl (C=O) groups excluding carboxylic acids is 1. The van der Waals surface area contributed by atoms with E-state index in [1.54, 1.807) is 18.6 Å². The Kier molecular flexibility index (Phi) is 5.66. The molecule has 1 saturated heterocycles. The summed E-state index contributed by atoms with van der Waals surface area (Å²) in [4.78, 5) is 28.9. The topological polar surface area (TPSA) is 52.6 Å². The SMILES string of the molecule is CN(C)[C@]1(c2ccccc2)CC[C@@]2(CC1)CN(Cc1cnccn1)C(=O)N2CC1CCC1. The molecule has 1 aliphatic heterocycles. The summed E-state index contributed by atoms with van der Waals surface area (Å²) in [7, 11) is 4.41. The van der Waals surface area contributed by atoms with Gasteiger partial charge in [0.15, 0.2) is 0 Å². The molecule has 2 aliphatic carbocycles. The van der Waals surface area contributed by atoms with E-state index in [-0.39, 0.29) is 17.1 Å². The van der Waals surface area contributed by atoms with Gasteiger partial charge in [-0.1, -0.05) is 36.8 Å². The van der Waals surface area contributed by atoms with Gasteiger partial charge in [-0.2, -0.15) is 0 Å². The molecule has 3 aliphatic rings. The highest BCUT2D eigenvalue weighted by molar-refractivity contribution is 5.78. The van der Waals surface area contributed by atoms with Gasteiger partial charge in [-0.15, -0.1) is 0 Å². The second kappa shape index (κ2) is 8.47. The maximum Gasteiger partial charge on any atom is 0.320 e. The third-order valence-corrected chi connectivity index (χ3v) is 8.37. The molecule has 2 saturated carbocycles. The fourth-order valence-electron chi connectivity index (χ4n) is 6.12. The lowest BCUT2D eigenvalue weighted by atomic mass is 9.68. The van der Waals surface area contributed by atoms with E-state index in [9.17, 15) is 4.79 Å². The van der Waals surface area contributed by atoms with Crippen LogP contribution in [0.1, 0.15) is 56.2 Å². The summed E-state index contributed by atoms with van der Waals surface area (Å²) in [6.07, 6.45) is 13.2. The molecule has 1 spiro atoms. The molecule has 2 heterocycles. The van der Waals surface area contributed by atoms with Crippen LogP contribution in [0.15, 0.2) is 48.9 Å². The first kappa shape index (κ1) is 21.4. The van der Waals surface area contributed by atoms with Gasteiger partial charge in [-0.3, -0.25) is 14.9 Å². The fraction of sp³-hybridized carbons (Fsp3) is 0.577. The van der Waals surface area contributed by atoms with Crippen molar-refractivity contribution in [2.75, 3.05) is 27.2 Å². The molecule has 6 nitrogen and oxygen atoms in total. The van der Waals surface area contributed by atoms with Crippen molar-refractivity contribution < 1.29 is 4.79 Å². The van der Waals surface area contributed by atoms with Gasteiger partial charge in [-0.25, -0.2) is 4.79 Å². The number of aromatic nitrogens is 2. The van der Waals surface area contributed by atoms with Crippen molar-refractivity contribution in [2.24, 2.45) is 5.92 Å². The van der Waals surface area contributed by atoms with Crippen molar-refractivity contribution in [2.45, 2.75) is 62.6 Å². The molecule has 0 unspecified atom stereocenters. The van der Waals surface area contributed by atoms with Crippen LogP contribution in [-0.4, -0.2) is 63.4 Å². The van der Waals surface area contributed by atoms with Crippen LogP contribution >= 0.6 is 0 Å². The highest BCUT2D eigenvalue weighted by atomic mass is 16.2. The predicted molar refractivity (Wildman–Crippen MR) is 125 cm³/mol. The average molecular weight is 434 g/mol. The van der Waals surface area contributed by atoms with E-state index >= 15 is 0 Å². The van der Waals surface area contributed by atoms with Gasteiger partial charge < -0.3 is 9.80 Å². The van der Waals surface area contributed by atoms with Gasteiger partial charge in [0.25, 0.3) is 0 Å². The van der Waals surface area contributed by atoms with Gasteiger partial charge in [0.05, 0.1) is 24.0 Å². The monoisotopic (exact) mass is 433 g/mol. The molecule has 0 atom stereocenters. The molecule has 3 fully saturated rings. The van der Waals surface area contributed by atoms with E-state index in [1.807, 2.05) is 4.90 Å². The largest absolute Gasteiger partial charge is 0.320 e. The summed E-state index contributed by atoms with van der Waals surface area (Å²) in [6.45, 7) is 2.26. The predicted octanol–water partition coefficient (Wildman–Crippen LogP) is 4.28. The van der Waals surface area contributed by atoms with Gasteiger partial charge in [0, 0.05) is 31.0 Å². The van der Waals surface area contributed by atoms with Gasteiger partial charge in [0.2, 0.25) is 0 Å². The number of urea groups is 1. The van der Waals surface area contributed by atoms with Gasteiger partial charge >= 0.3 is 6.03 Å². The summed E-state index contributed by atoms with van der Waals surface area (Å²) in [6, 6.07) is 11.1. The number of nitrogens with zero attached hydrogens (tertiary/aromatic N) is 5. The van der Waals surface area contributed by atoms with Crippen molar-refractivity contribution in [1.82, 2.24) is 24.7 Å². The second-order valence-electron chi connectivity index (χ2n) is 10.3. The zero-order valence-electron chi connectivity index (χ0n) is 19.4. The number of rotatable bonds is 6. The van der Waals surface area contributed by atoms with Crippen LogP contribution < -0.4 is 0 Å². The fourth-order valence-corrected chi connectivity index (χ4v) is 6.12. The van der Waals surface area contributed by atoms with Crippen LogP contribution in [0.25, 0.3) is 0 Å². The molecule has 1 aromatic heterocycles. The third kappa shape index (κ3) is 3.68. The molecule has 32 heavy (non-hydrogen) atoms. The summed E-state index contributed by atoms with van der Waals surface area (Å²) in [5.74, 6) is 0.668. The van der Waals surface area contributed by atoms with Crippen molar-refractivity contribution in [3.63, 3.8) is 0 Å². The van der Waals surface area contributed by atoms with Gasteiger partial charge in [-0.05, 0) is 64.1 Å². The Balaban J connectivity index is 1.40. The van der Waals surface area contributed by atoms with E-state index in [4.69, 9.17) is 0 Å². The molecule has 0 radical (unpaired) electrons. The van der Waals surface area contributed by atoms with E-state index in [0.717, 1.165) is 44.5 Å². The van der Waals surface area contributed by atoms with Crippen LogP contribution in [-0.2, 0) is 12.1 Å². The minimum atomic E-state index is -0.0663. The standard InChI is InChI=1S/C26H35N5O/c1-29(2)26(22-9-4-3-5-10-22)13-11-25(12-14-26)20-30(19-23-17-27-15-16-28-23)24(32)31(25)18-21-7-6-8-21/h3-5,9-10,15-17,21H,6-8,11-14,18-20H2,1-2H3/t25-,26-. The van der Waals surface area contributed by atoms with Crippen molar-refractivity contribution >= 4 is 6.03 Å². The van der Waals surface area contributed by atoms with Crippen LogP contribution in [0.3, 0.4) is 0 Å². The van der Waals surface area contributed by atoms with E-state index in [0.29, 0.717) is 12.5 Å². The summed E-state index contributed by atoms with van der Waals surface area (Å²) in [5, 5.41) is 0. The molecular formula is C26H35N5O. The Bertz CT molecular complexity index is 920. The maximum atomic E-state index is 13.6. The zero-order valence-corrected chi connectivity index (χ0v) is 19.4. The van der Waals surface area contributed by atoms with Crippen LogP contribution in [0.5, 0.6) is 0 Å². The van der Waals surface area contributed by atoms with E-state index in [1.165, 1.54) is 24.8 Å². The number of hydrogen-bond donors (Lipinski definition) is 0. The number of carbonyl (C=O) groups is 1. The Morgan fingerprint density at radius 1 is 1.06 bits per heavy atom. The summed E-state index contributed by atoms with van der Waals surface area (Å²) in [5.41, 5.74) is 2.23. The van der Waals surface area contributed by atoms with Crippen molar-refractivity contribution in [1.29, 1.82) is 0 Å². The third-order valence-electron chi connectivity index (χ3n) is 8.37. The zero-order chi connectivity index (χ0) is 22.2. The molecule has 6 heteroatoms. The van der Waals surface area contributed by atoms with E-state index in [2.05, 4.69) is 64.2 Å². The lowest BCUT2D eigenvalue weighted by Gasteiger charge is -2.51. The highest BCUT2D eigenvalue weighted by Gasteiger charge is 2.54. The quantitative estimate of drug-likeness (QED) is 0.682. The lowest BCUT2D eigenvalue weighted by molar-refractivity contribution is 0.0159. The smallest absolute Gasteiger partial charge is 0.317 e. The second-order valence-corrected chi connectivity index (χ2v) is 10.3. The first-order chi connectivity index (χ1) is 15.5. The first-order valence-corrected chi connectivity index (χ1v) is 12.1. The molecule has 0 N–H and O–H groups in total. The van der Waals surface area contributed by atoms with Crippen LogP contribution in [0.4, 0.5) is 4.79 Å². The first-order valence-electron chi connectivity index (χ1n) is 12.1. The van der Waals surface area contributed by atoms with Crippen molar-refractivity contribution in [3.05, 3.63) is 60.2 Å². The number of amides is 2. The number of benzene rings is 1.